The summed E-state index contributed by atoms with van der Waals surface area (Å²) in [6.45, 7) is 7.78. The van der Waals surface area contributed by atoms with E-state index in [0.29, 0.717) is 5.75 Å². The van der Waals surface area contributed by atoms with Gasteiger partial charge in [0.05, 0.1) is 4.70 Å². The van der Waals surface area contributed by atoms with E-state index in [4.69, 9.17) is 4.74 Å². The van der Waals surface area contributed by atoms with Crippen molar-refractivity contribution in [1.29, 1.82) is 0 Å². The summed E-state index contributed by atoms with van der Waals surface area (Å²) in [4.78, 5) is 12.7. The molecule has 1 aromatic heterocycles. The molecule has 0 saturated heterocycles. The molecular formula is C23H19BrO2S. The number of aryl methyl sites for hydroxylation is 3. The number of carbonyl (C=O) groups is 1. The van der Waals surface area contributed by atoms with Crippen LogP contribution in [0.1, 0.15) is 22.9 Å². The van der Waals surface area contributed by atoms with E-state index in [1.807, 2.05) is 30.4 Å². The molecule has 4 heteroatoms. The van der Waals surface area contributed by atoms with E-state index in [1.54, 1.807) is 0 Å². The Morgan fingerprint density at radius 1 is 1.04 bits per heavy atom. The number of carbonyl (C=O) groups excluding carboxylic acids is 1. The van der Waals surface area contributed by atoms with Gasteiger partial charge in [0, 0.05) is 21.7 Å². The topological polar surface area (TPSA) is 26.3 Å². The fraction of sp³-hybridized carbons (Fsp3) is 0.174. The Labute approximate surface area is 170 Å². The number of esters is 1. The SMILES string of the molecule is CC(=O)Oc1ccc(-c2c3ccccc3c(Br)c3sc(C)c(C)c23)cc1C. The van der Waals surface area contributed by atoms with Crippen molar-refractivity contribution in [2.45, 2.75) is 27.7 Å². The highest BCUT2D eigenvalue weighted by Crippen LogP contribution is 2.47. The molecule has 4 aromatic rings. The average molecular weight is 439 g/mol. The van der Waals surface area contributed by atoms with Crippen LogP contribution in [0.25, 0.3) is 32.0 Å². The molecule has 3 aromatic carbocycles. The number of halogens is 1. The van der Waals surface area contributed by atoms with Crippen LogP contribution in [0.5, 0.6) is 5.75 Å². The molecule has 0 fully saturated rings. The second-order valence-electron chi connectivity index (χ2n) is 6.80. The first-order valence-corrected chi connectivity index (χ1v) is 10.4. The third kappa shape index (κ3) is 2.97. The van der Waals surface area contributed by atoms with E-state index in [0.717, 1.165) is 15.6 Å². The van der Waals surface area contributed by atoms with Crippen LogP contribution in [0.15, 0.2) is 46.9 Å². The Kier molecular flexibility index (Phi) is 4.57. The van der Waals surface area contributed by atoms with Crippen molar-refractivity contribution in [3.63, 3.8) is 0 Å². The number of benzene rings is 3. The largest absolute Gasteiger partial charge is 0.426 e. The molecule has 0 unspecified atom stereocenters. The minimum atomic E-state index is -0.299. The Bertz CT molecular complexity index is 1220. The molecule has 27 heavy (non-hydrogen) atoms. The second kappa shape index (κ2) is 6.77. The van der Waals surface area contributed by atoms with Crippen LogP contribution in [-0.4, -0.2) is 5.97 Å². The standard InChI is InChI=1S/C23H19BrO2S/c1-12-11-16(9-10-19(12)26-15(4)25)21-17-7-5-6-8-18(17)22(24)23-20(21)13(2)14(3)27-23/h5-11H,1-4H3. The van der Waals surface area contributed by atoms with Gasteiger partial charge in [0.2, 0.25) is 0 Å². The Hall–Kier alpha value is -2.17. The third-order valence-corrected chi connectivity index (χ3v) is 7.30. The van der Waals surface area contributed by atoms with E-state index < -0.39 is 0 Å². The number of thiophene rings is 1. The van der Waals surface area contributed by atoms with Crippen LogP contribution < -0.4 is 4.74 Å². The Morgan fingerprint density at radius 3 is 2.41 bits per heavy atom. The normalized spacial score (nSPS) is 11.3. The molecule has 0 aliphatic heterocycles. The lowest BCUT2D eigenvalue weighted by atomic mass is 9.92. The maximum atomic E-state index is 11.3. The molecule has 4 rings (SSSR count). The Morgan fingerprint density at radius 2 is 1.74 bits per heavy atom. The summed E-state index contributed by atoms with van der Waals surface area (Å²) >= 11 is 5.67. The lowest BCUT2D eigenvalue weighted by molar-refractivity contribution is -0.131. The fourth-order valence-electron chi connectivity index (χ4n) is 3.61. The number of hydrogen-bond acceptors (Lipinski definition) is 3. The summed E-state index contributed by atoms with van der Waals surface area (Å²) in [7, 11) is 0. The highest BCUT2D eigenvalue weighted by Gasteiger charge is 2.19. The van der Waals surface area contributed by atoms with E-state index in [2.05, 4.69) is 60.1 Å². The molecule has 0 atom stereocenters. The zero-order valence-electron chi connectivity index (χ0n) is 15.6. The summed E-state index contributed by atoms with van der Waals surface area (Å²) in [5.41, 5.74) is 4.65. The zero-order valence-corrected chi connectivity index (χ0v) is 18.0. The molecule has 1 heterocycles. The molecule has 0 aliphatic carbocycles. The van der Waals surface area contributed by atoms with Gasteiger partial charge in [-0.2, -0.15) is 0 Å². The molecule has 0 saturated carbocycles. The molecule has 2 nitrogen and oxygen atoms in total. The quantitative estimate of drug-likeness (QED) is 0.241. The van der Waals surface area contributed by atoms with Gasteiger partial charge in [-0.3, -0.25) is 4.79 Å². The van der Waals surface area contributed by atoms with Gasteiger partial charge in [-0.25, -0.2) is 0 Å². The van der Waals surface area contributed by atoms with Crippen molar-refractivity contribution in [1.82, 2.24) is 0 Å². The van der Waals surface area contributed by atoms with Crippen molar-refractivity contribution in [2.75, 3.05) is 0 Å². The van der Waals surface area contributed by atoms with Gasteiger partial charge in [0.1, 0.15) is 5.75 Å². The lowest BCUT2D eigenvalue weighted by Crippen LogP contribution is -2.02. The molecule has 0 N–H and O–H groups in total. The molecule has 0 amide bonds. The summed E-state index contributed by atoms with van der Waals surface area (Å²) in [6, 6.07) is 14.5. The van der Waals surface area contributed by atoms with Gasteiger partial charge in [0.15, 0.2) is 0 Å². The van der Waals surface area contributed by atoms with Gasteiger partial charge >= 0.3 is 5.97 Å². The van der Waals surface area contributed by atoms with Gasteiger partial charge in [-0.05, 0) is 81.9 Å². The van der Waals surface area contributed by atoms with E-state index in [9.17, 15) is 4.79 Å². The number of hydrogen-bond donors (Lipinski definition) is 0. The van der Waals surface area contributed by atoms with Crippen LogP contribution in [0.3, 0.4) is 0 Å². The van der Waals surface area contributed by atoms with Crippen LogP contribution >= 0.6 is 27.3 Å². The van der Waals surface area contributed by atoms with Crippen molar-refractivity contribution in [2.24, 2.45) is 0 Å². The van der Waals surface area contributed by atoms with Crippen molar-refractivity contribution < 1.29 is 9.53 Å². The van der Waals surface area contributed by atoms with Crippen LogP contribution in [0, 0.1) is 20.8 Å². The monoisotopic (exact) mass is 438 g/mol. The van der Waals surface area contributed by atoms with Crippen LogP contribution in [0.2, 0.25) is 0 Å². The van der Waals surface area contributed by atoms with Crippen molar-refractivity contribution in [3.05, 3.63) is 62.9 Å². The highest BCUT2D eigenvalue weighted by molar-refractivity contribution is 9.11. The predicted molar refractivity (Wildman–Crippen MR) is 118 cm³/mol. The minimum Gasteiger partial charge on any atom is -0.426 e. The molecule has 0 spiro atoms. The van der Waals surface area contributed by atoms with E-state index >= 15 is 0 Å². The number of rotatable bonds is 2. The van der Waals surface area contributed by atoms with Gasteiger partial charge in [-0.1, -0.05) is 30.3 Å². The summed E-state index contributed by atoms with van der Waals surface area (Å²) in [5, 5.41) is 3.73. The minimum absolute atomic E-state index is 0.299. The van der Waals surface area contributed by atoms with Crippen LogP contribution in [0.4, 0.5) is 0 Å². The second-order valence-corrected chi connectivity index (χ2v) is 8.81. The highest BCUT2D eigenvalue weighted by atomic mass is 79.9. The number of ether oxygens (including phenoxy) is 1. The Balaban J connectivity index is 2.10. The lowest BCUT2D eigenvalue weighted by Gasteiger charge is -2.14. The van der Waals surface area contributed by atoms with E-state index in [1.165, 1.54) is 43.8 Å². The van der Waals surface area contributed by atoms with Crippen molar-refractivity contribution >= 4 is 54.1 Å². The molecule has 0 radical (unpaired) electrons. The maximum absolute atomic E-state index is 11.3. The summed E-state index contributed by atoms with van der Waals surface area (Å²) < 4.78 is 7.75. The van der Waals surface area contributed by atoms with Gasteiger partial charge in [0.25, 0.3) is 0 Å². The molecule has 0 bridgehead atoms. The smallest absolute Gasteiger partial charge is 0.308 e. The molecule has 136 valence electrons. The first-order valence-electron chi connectivity index (χ1n) is 8.77. The average Bonchev–Trinajstić information content (AvgIpc) is 2.93. The molecule has 0 aliphatic rings. The predicted octanol–water partition coefficient (Wildman–Crippen LogP) is 7.33. The van der Waals surface area contributed by atoms with Gasteiger partial charge < -0.3 is 4.74 Å². The first kappa shape index (κ1) is 18.2. The summed E-state index contributed by atoms with van der Waals surface area (Å²) in [5.74, 6) is 0.314. The van der Waals surface area contributed by atoms with E-state index in [-0.39, 0.29) is 5.97 Å². The maximum Gasteiger partial charge on any atom is 0.308 e. The summed E-state index contributed by atoms with van der Waals surface area (Å²) in [6.07, 6.45) is 0. The van der Waals surface area contributed by atoms with Crippen molar-refractivity contribution in [3.8, 4) is 16.9 Å². The van der Waals surface area contributed by atoms with Gasteiger partial charge in [-0.15, -0.1) is 11.3 Å². The van der Waals surface area contributed by atoms with Crippen LogP contribution in [-0.2, 0) is 4.79 Å². The fourth-order valence-corrected chi connectivity index (χ4v) is 5.51. The molecular weight excluding hydrogens is 420 g/mol. The number of fused-ring (bicyclic) bond motifs is 2. The first-order chi connectivity index (χ1) is 12.9. The zero-order chi connectivity index (χ0) is 19.3. The third-order valence-electron chi connectivity index (χ3n) is 4.98.